The Hall–Kier alpha value is -0.860. The van der Waals surface area contributed by atoms with Crippen LogP contribution in [0.2, 0.25) is 0 Å². The fraction of sp³-hybridized carbons (Fsp3) is 0.571. The Balaban J connectivity index is 2.62. The van der Waals surface area contributed by atoms with Gasteiger partial charge in [0.2, 0.25) is 0 Å². The summed E-state index contributed by atoms with van der Waals surface area (Å²) < 4.78 is 0. The topological polar surface area (TPSA) is 32.3 Å². The fourth-order valence-corrected chi connectivity index (χ4v) is 1.83. The molecule has 1 aromatic rings. The Bertz CT molecular complexity index is 315. The number of aryl methyl sites for hydroxylation is 2. The predicted octanol–water partition coefficient (Wildman–Crippen LogP) is 2.72. The molecule has 0 spiro atoms. The molecule has 0 aliphatic rings. The average Bonchev–Trinajstić information content (AvgIpc) is 2.23. The van der Waals surface area contributed by atoms with Gasteiger partial charge in [-0.05, 0) is 32.8 Å². The smallest absolute Gasteiger partial charge is 0.0662 e. The lowest BCUT2D eigenvalue weighted by atomic mass is 10.0. The highest BCUT2D eigenvalue weighted by Crippen LogP contribution is 2.16. The average molecular weight is 221 g/mol. The molecule has 0 radical (unpaired) electrons. The van der Waals surface area contributed by atoms with Gasteiger partial charge >= 0.3 is 0 Å². The summed E-state index contributed by atoms with van der Waals surface area (Å²) in [5.41, 5.74) is 3.88. The largest absolute Gasteiger partial charge is 0.392 e. The highest BCUT2D eigenvalue weighted by molar-refractivity contribution is 5.30. The summed E-state index contributed by atoms with van der Waals surface area (Å²) in [5, 5.41) is 12.9. The van der Waals surface area contributed by atoms with E-state index >= 15 is 0 Å². The molecule has 0 saturated carbocycles. The van der Waals surface area contributed by atoms with Gasteiger partial charge in [0.1, 0.15) is 0 Å². The maximum atomic E-state index is 9.50. The second-order valence-electron chi connectivity index (χ2n) is 4.61. The summed E-state index contributed by atoms with van der Waals surface area (Å²) in [7, 11) is 0. The third-order valence-corrected chi connectivity index (χ3v) is 2.87. The van der Waals surface area contributed by atoms with Crippen molar-refractivity contribution in [3.63, 3.8) is 0 Å². The zero-order valence-electron chi connectivity index (χ0n) is 10.7. The number of aliphatic hydroxyl groups excluding tert-OH is 1. The zero-order valence-corrected chi connectivity index (χ0v) is 10.7. The molecule has 0 aliphatic heterocycles. The molecule has 0 saturated heterocycles. The second-order valence-corrected chi connectivity index (χ2v) is 4.61. The number of benzene rings is 1. The fourth-order valence-electron chi connectivity index (χ4n) is 1.83. The van der Waals surface area contributed by atoms with Crippen LogP contribution < -0.4 is 5.32 Å². The third kappa shape index (κ3) is 3.95. The Morgan fingerprint density at radius 2 is 1.75 bits per heavy atom. The van der Waals surface area contributed by atoms with Crippen molar-refractivity contribution in [2.45, 2.75) is 46.3 Å². The number of rotatable bonds is 5. The quantitative estimate of drug-likeness (QED) is 0.801. The van der Waals surface area contributed by atoms with Crippen molar-refractivity contribution in [2.75, 3.05) is 6.54 Å². The predicted molar refractivity (Wildman–Crippen MR) is 68.6 cm³/mol. The van der Waals surface area contributed by atoms with Crippen molar-refractivity contribution in [1.29, 1.82) is 0 Å². The van der Waals surface area contributed by atoms with Crippen LogP contribution in [0.5, 0.6) is 0 Å². The molecular formula is C14H23NO. The molecular weight excluding hydrogens is 198 g/mol. The maximum absolute atomic E-state index is 9.50. The lowest BCUT2D eigenvalue weighted by Gasteiger charge is -2.17. The highest BCUT2D eigenvalue weighted by Gasteiger charge is 2.08. The molecule has 1 rings (SSSR count). The molecule has 0 heterocycles. The number of aliphatic hydroxyl groups is 1. The molecule has 0 fully saturated rings. The Labute approximate surface area is 98.7 Å². The van der Waals surface area contributed by atoms with E-state index < -0.39 is 0 Å². The molecule has 2 nitrogen and oxygen atoms in total. The van der Waals surface area contributed by atoms with E-state index in [1.807, 2.05) is 6.92 Å². The van der Waals surface area contributed by atoms with Gasteiger partial charge in [-0.15, -0.1) is 0 Å². The van der Waals surface area contributed by atoms with Crippen LogP contribution in [0.3, 0.4) is 0 Å². The first-order valence-corrected chi connectivity index (χ1v) is 6.02. The maximum Gasteiger partial charge on any atom is 0.0662 e. The first-order chi connectivity index (χ1) is 7.52. The molecule has 2 N–H and O–H groups in total. The molecule has 2 atom stereocenters. The monoisotopic (exact) mass is 221 g/mol. The Kier molecular flexibility index (Phi) is 4.97. The highest BCUT2D eigenvalue weighted by atomic mass is 16.3. The van der Waals surface area contributed by atoms with E-state index in [4.69, 9.17) is 0 Å². The molecule has 0 aliphatic carbocycles. The molecule has 2 heteroatoms. The Morgan fingerprint density at radius 3 is 2.25 bits per heavy atom. The zero-order chi connectivity index (χ0) is 12.1. The summed E-state index contributed by atoms with van der Waals surface area (Å²) in [6.45, 7) is 9.02. The van der Waals surface area contributed by atoms with Gasteiger partial charge in [0, 0.05) is 12.6 Å². The van der Waals surface area contributed by atoms with Crippen LogP contribution >= 0.6 is 0 Å². The second kappa shape index (κ2) is 6.02. The summed E-state index contributed by atoms with van der Waals surface area (Å²) in [5.74, 6) is 0. The molecule has 16 heavy (non-hydrogen) atoms. The van der Waals surface area contributed by atoms with E-state index in [9.17, 15) is 5.11 Å². The van der Waals surface area contributed by atoms with Crippen molar-refractivity contribution in [3.8, 4) is 0 Å². The SMILES string of the molecule is CC[C@@H](O)CNC(C)c1cc(C)cc(C)c1. The summed E-state index contributed by atoms with van der Waals surface area (Å²) in [6, 6.07) is 6.86. The van der Waals surface area contributed by atoms with Crippen LogP contribution in [0, 0.1) is 13.8 Å². The standard InChI is InChI=1S/C14H23NO/c1-5-14(16)9-15-12(4)13-7-10(2)6-11(3)8-13/h6-8,12,14-16H,5,9H2,1-4H3/t12?,14-/m1/s1. The van der Waals surface area contributed by atoms with E-state index in [2.05, 4.69) is 44.3 Å². The van der Waals surface area contributed by atoms with Crippen molar-refractivity contribution in [1.82, 2.24) is 5.32 Å². The minimum atomic E-state index is -0.242. The Morgan fingerprint density at radius 1 is 1.19 bits per heavy atom. The van der Waals surface area contributed by atoms with Gasteiger partial charge in [-0.25, -0.2) is 0 Å². The lowest BCUT2D eigenvalue weighted by molar-refractivity contribution is 0.164. The van der Waals surface area contributed by atoms with Gasteiger partial charge in [0.05, 0.1) is 6.10 Å². The van der Waals surface area contributed by atoms with Crippen LogP contribution in [0.15, 0.2) is 18.2 Å². The van der Waals surface area contributed by atoms with Crippen LogP contribution in [0.4, 0.5) is 0 Å². The molecule has 0 aromatic heterocycles. The van der Waals surface area contributed by atoms with Gasteiger partial charge < -0.3 is 10.4 Å². The van der Waals surface area contributed by atoms with Crippen molar-refractivity contribution in [2.24, 2.45) is 0 Å². The lowest BCUT2D eigenvalue weighted by Crippen LogP contribution is -2.28. The van der Waals surface area contributed by atoms with Crippen LogP contribution in [-0.4, -0.2) is 17.8 Å². The van der Waals surface area contributed by atoms with E-state index in [1.54, 1.807) is 0 Å². The number of hydrogen-bond donors (Lipinski definition) is 2. The van der Waals surface area contributed by atoms with Crippen molar-refractivity contribution >= 4 is 0 Å². The molecule has 1 aromatic carbocycles. The number of hydrogen-bond acceptors (Lipinski definition) is 2. The van der Waals surface area contributed by atoms with E-state index in [0.717, 1.165) is 6.42 Å². The van der Waals surface area contributed by atoms with E-state index in [-0.39, 0.29) is 6.10 Å². The van der Waals surface area contributed by atoms with Gasteiger partial charge in [0.15, 0.2) is 0 Å². The van der Waals surface area contributed by atoms with Gasteiger partial charge in [-0.2, -0.15) is 0 Å². The van der Waals surface area contributed by atoms with E-state index in [0.29, 0.717) is 12.6 Å². The van der Waals surface area contributed by atoms with Gasteiger partial charge in [-0.3, -0.25) is 0 Å². The van der Waals surface area contributed by atoms with Gasteiger partial charge in [-0.1, -0.05) is 36.2 Å². The van der Waals surface area contributed by atoms with Crippen LogP contribution in [0.1, 0.15) is 43.0 Å². The minimum Gasteiger partial charge on any atom is -0.392 e. The first-order valence-electron chi connectivity index (χ1n) is 6.02. The van der Waals surface area contributed by atoms with Crippen molar-refractivity contribution < 1.29 is 5.11 Å². The minimum absolute atomic E-state index is 0.242. The van der Waals surface area contributed by atoms with Gasteiger partial charge in [0.25, 0.3) is 0 Å². The third-order valence-electron chi connectivity index (χ3n) is 2.87. The van der Waals surface area contributed by atoms with Crippen LogP contribution in [-0.2, 0) is 0 Å². The molecule has 1 unspecified atom stereocenters. The molecule has 0 bridgehead atoms. The summed E-state index contributed by atoms with van der Waals surface area (Å²) >= 11 is 0. The summed E-state index contributed by atoms with van der Waals surface area (Å²) in [6.07, 6.45) is 0.556. The van der Waals surface area contributed by atoms with Crippen LogP contribution in [0.25, 0.3) is 0 Å². The molecule has 0 amide bonds. The van der Waals surface area contributed by atoms with E-state index in [1.165, 1.54) is 16.7 Å². The summed E-state index contributed by atoms with van der Waals surface area (Å²) in [4.78, 5) is 0. The number of nitrogens with one attached hydrogen (secondary N) is 1. The normalized spacial score (nSPS) is 14.8. The molecule has 90 valence electrons. The first kappa shape index (κ1) is 13.2. The van der Waals surface area contributed by atoms with Crippen molar-refractivity contribution in [3.05, 3.63) is 34.9 Å².